The van der Waals surface area contributed by atoms with Crippen molar-refractivity contribution in [1.29, 1.82) is 0 Å². The Bertz CT molecular complexity index is 460. The van der Waals surface area contributed by atoms with E-state index in [4.69, 9.17) is 4.74 Å². The molecule has 1 N–H and O–H groups in total. The number of ether oxygens (including phenoxy) is 1. The van der Waals surface area contributed by atoms with Gasteiger partial charge in [0.25, 0.3) is 0 Å². The molecule has 0 radical (unpaired) electrons. The Balaban J connectivity index is 1.72. The van der Waals surface area contributed by atoms with E-state index < -0.39 is 0 Å². The predicted molar refractivity (Wildman–Crippen MR) is 83.2 cm³/mol. The van der Waals surface area contributed by atoms with Gasteiger partial charge in [0, 0.05) is 31.4 Å². The minimum atomic E-state index is 0.358. The summed E-state index contributed by atoms with van der Waals surface area (Å²) in [7, 11) is 0. The monoisotopic (exact) mass is 274 g/mol. The molecule has 0 aromatic heterocycles. The van der Waals surface area contributed by atoms with Gasteiger partial charge < -0.3 is 10.1 Å². The van der Waals surface area contributed by atoms with Gasteiger partial charge in [0.2, 0.25) is 0 Å². The third-order valence-electron chi connectivity index (χ3n) is 4.55. The first-order chi connectivity index (χ1) is 9.76. The van der Waals surface area contributed by atoms with Crippen LogP contribution in [-0.2, 0) is 17.7 Å². The van der Waals surface area contributed by atoms with Crippen molar-refractivity contribution in [1.82, 2.24) is 4.90 Å². The number of fused-ring (bicyclic) bond motifs is 1. The fourth-order valence-corrected chi connectivity index (χ4v) is 3.34. The minimum absolute atomic E-state index is 0.358. The number of aryl methyl sites for hydroxylation is 1. The first-order valence-corrected chi connectivity index (χ1v) is 7.97. The Morgan fingerprint density at radius 3 is 3.15 bits per heavy atom. The zero-order chi connectivity index (χ0) is 13.9. The van der Waals surface area contributed by atoms with Gasteiger partial charge in [-0.15, -0.1) is 0 Å². The highest BCUT2D eigenvalue weighted by Gasteiger charge is 2.25. The van der Waals surface area contributed by atoms with Crippen LogP contribution in [0.3, 0.4) is 0 Å². The molecule has 2 heterocycles. The Morgan fingerprint density at radius 2 is 2.30 bits per heavy atom. The Morgan fingerprint density at radius 1 is 1.40 bits per heavy atom. The highest BCUT2D eigenvalue weighted by Crippen LogP contribution is 2.25. The predicted octanol–water partition coefficient (Wildman–Crippen LogP) is 3.04. The number of benzene rings is 1. The molecule has 1 saturated heterocycles. The van der Waals surface area contributed by atoms with Gasteiger partial charge in [-0.2, -0.15) is 0 Å². The fourth-order valence-electron chi connectivity index (χ4n) is 3.34. The molecule has 1 aromatic rings. The van der Waals surface area contributed by atoms with Crippen molar-refractivity contribution in [3.8, 4) is 0 Å². The molecule has 1 aromatic carbocycles. The zero-order valence-electron chi connectivity index (χ0n) is 12.7. The van der Waals surface area contributed by atoms with Crippen LogP contribution in [0.25, 0.3) is 0 Å². The van der Waals surface area contributed by atoms with Crippen LogP contribution in [0.5, 0.6) is 0 Å². The second-order valence-corrected chi connectivity index (χ2v) is 6.16. The maximum atomic E-state index is 5.79. The second kappa shape index (κ2) is 6.15. The van der Waals surface area contributed by atoms with Crippen molar-refractivity contribution >= 4 is 5.69 Å². The lowest BCUT2D eigenvalue weighted by molar-refractivity contribution is -0.0592. The zero-order valence-corrected chi connectivity index (χ0v) is 12.7. The smallest absolute Gasteiger partial charge is 0.0674 e. The van der Waals surface area contributed by atoms with Gasteiger partial charge in [0.1, 0.15) is 0 Å². The van der Waals surface area contributed by atoms with Crippen molar-refractivity contribution in [2.24, 2.45) is 0 Å². The highest BCUT2D eigenvalue weighted by atomic mass is 16.5. The van der Waals surface area contributed by atoms with E-state index in [-0.39, 0.29) is 0 Å². The minimum Gasteiger partial charge on any atom is -0.385 e. The van der Waals surface area contributed by atoms with E-state index in [1.54, 1.807) is 0 Å². The largest absolute Gasteiger partial charge is 0.385 e. The molecule has 2 aliphatic rings. The molecule has 0 saturated carbocycles. The molecule has 110 valence electrons. The summed E-state index contributed by atoms with van der Waals surface area (Å²) in [6, 6.07) is 7.51. The molecule has 0 amide bonds. The molecule has 0 aliphatic carbocycles. The topological polar surface area (TPSA) is 24.5 Å². The summed E-state index contributed by atoms with van der Waals surface area (Å²) in [5.74, 6) is 0. The standard InChI is InChI=1S/C17H26N2O/c1-3-16-12-20-13(2)10-19(16)11-14-6-7-17-15(9-14)5-4-8-18-17/h6-7,9,13,16,18H,3-5,8,10-12H2,1-2H3. The van der Waals surface area contributed by atoms with Crippen molar-refractivity contribution in [3.05, 3.63) is 29.3 Å². The van der Waals surface area contributed by atoms with Gasteiger partial charge in [-0.25, -0.2) is 0 Å². The van der Waals surface area contributed by atoms with Gasteiger partial charge in [0.15, 0.2) is 0 Å². The Hall–Kier alpha value is -1.06. The Kier molecular flexibility index (Phi) is 4.27. The van der Waals surface area contributed by atoms with Crippen molar-refractivity contribution in [3.63, 3.8) is 0 Å². The van der Waals surface area contributed by atoms with Crippen LogP contribution in [0.15, 0.2) is 18.2 Å². The van der Waals surface area contributed by atoms with E-state index in [0.717, 1.165) is 26.2 Å². The quantitative estimate of drug-likeness (QED) is 0.917. The number of rotatable bonds is 3. The Labute approximate surface area is 122 Å². The molecule has 20 heavy (non-hydrogen) atoms. The molecule has 0 bridgehead atoms. The van der Waals surface area contributed by atoms with Crippen molar-refractivity contribution in [2.45, 2.75) is 51.8 Å². The van der Waals surface area contributed by atoms with E-state index in [1.807, 2.05) is 0 Å². The lowest BCUT2D eigenvalue weighted by atomic mass is 10.00. The molecule has 3 heteroatoms. The third kappa shape index (κ3) is 2.99. The molecule has 0 spiro atoms. The van der Waals surface area contributed by atoms with Crippen LogP contribution in [0, 0.1) is 0 Å². The van der Waals surface area contributed by atoms with Crippen LogP contribution >= 0.6 is 0 Å². The van der Waals surface area contributed by atoms with Crippen LogP contribution in [0.2, 0.25) is 0 Å². The van der Waals surface area contributed by atoms with Gasteiger partial charge in [0.05, 0.1) is 12.7 Å². The molecule has 3 nitrogen and oxygen atoms in total. The highest BCUT2D eigenvalue weighted by molar-refractivity contribution is 5.54. The summed E-state index contributed by atoms with van der Waals surface area (Å²) in [4.78, 5) is 2.59. The molecule has 3 rings (SSSR count). The van der Waals surface area contributed by atoms with Crippen LogP contribution in [-0.4, -0.2) is 36.7 Å². The number of nitrogens with one attached hydrogen (secondary N) is 1. The molecular formula is C17H26N2O. The van der Waals surface area contributed by atoms with Crippen molar-refractivity contribution < 1.29 is 4.74 Å². The number of anilines is 1. The summed E-state index contributed by atoms with van der Waals surface area (Å²) in [5, 5.41) is 3.49. The lowest BCUT2D eigenvalue weighted by Crippen LogP contribution is -2.47. The number of nitrogens with zero attached hydrogens (tertiary/aromatic N) is 1. The number of hydrogen-bond acceptors (Lipinski definition) is 3. The summed E-state index contributed by atoms with van der Waals surface area (Å²) in [5.41, 5.74) is 4.27. The average molecular weight is 274 g/mol. The number of morpholine rings is 1. The first-order valence-electron chi connectivity index (χ1n) is 7.97. The van der Waals surface area contributed by atoms with E-state index in [9.17, 15) is 0 Å². The summed E-state index contributed by atoms with van der Waals surface area (Å²) in [6.45, 7) is 8.53. The van der Waals surface area contributed by atoms with Crippen LogP contribution in [0.4, 0.5) is 5.69 Å². The average Bonchev–Trinajstić information content (AvgIpc) is 2.47. The van der Waals surface area contributed by atoms with Crippen LogP contribution < -0.4 is 5.32 Å². The fraction of sp³-hybridized carbons (Fsp3) is 0.647. The molecule has 2 unspecified atom stereocenters. The summed E-state index contributed by atoms with van der Waals surface area (Å²) >= 11 is 0. The maximum absolute atomic E-state index is 5.79. The lowest BCUT2D eigenvalue weighted by Gasteiger charge is -2.38. The maximum Gasteiger partial charge on any atom is 0.0674 e. The molecular weight excluding hydrogens is 248 g/mol. The second-order valence-electron chi connectivity index (χ2n) is 6.16. The summed E-state index contributed by atoms with van der Waals surface area (Å²) < 4.78 is 5.79. The normalized spacial score (nSPS) is 26.9. The van der Waals surface area contributed by atoms with Crippen molar-refractivity contribution in [2.75, 3.05) is 25.0 Å². The molecule has 2 aliphatic heterocycles. The SMILES string of the molecule is CCC1COC(C)CN1Cc1ccc2c(c1)CCCN2. The third-order valence-corrected chi connectivity index (χ3v) is 4.55. The van der Waals surface area contributed by atoms with Gasteiger partial charge in [-0.1, -0.05) is 19.1 Å². The summed E-state index contributed by atoms with van der Waals surface area (Å²) in [6.07, 6.45) is 3.99. The molecule has 2 atom stereocenters. The van der Waals surface area contributed by atoms with Gasteiger partial charge >= 0.3 is 0 Å². The van der Waals surface area contributed by atoms with Gasteiger partial charge in [-0.3, -0.25) is 4.90 Å². The van der Waals surface area contributed by atoms with Gasteiger partial charge in [-0.05, 0) is 43.4 Å². The van der Waals surface area contributed by atoms with E-state index >= 15 is 0 Å². The van der Waals surface area contributed by atoms with E-state index in [1.165, 1.54) is 36.1 Å². The van der Waals surface area contributed by atoms with E-state index in [2.05, 4.69) is 42.3 Å². The number of hydrogen-bond donors (Lipinski definition) is 1. The van der Waals surface area contributed by atoms with Crippen LogP contribution in [0.1, 0.15) is 37.8 Å². The molecule has 1 fully saturated rings. The van der Waals surface area contributed by atoms with E-state index in [0.29, 0.717) is 12.1 Å². The first kappa shape index (κ1) is 13.9.